The Morgan fingerprint density at radius 3 is 2.58 bits per heavy atom. The Kier molecular flexibility index (Phi) is 4.00. The van der Waals surface area contributed by atoms with Gasteiger partial charge >= 0.3 is 0 Å². The van der Waals surface area contributed by atoms with Crippen molar-refractivity contribution in [2.75, 3.05) is 31.2 Å². The number of rotatable bonds is 4. The molecule has 3 heterocycles. The second kappa shape index (κ2) is 6.45. The normalized spacial score (nSPS) is 15.0. The van der Waals surface area contributed by atoms with Gasteiger partial charge in [-0.3, -0.25) is 0 Å². The number of morpholine rings is 1. The van der Waals surface area contributed by atoms with E-state index in [1.165, 1.54) is 0 Å². The van der Waals surface area contributed by atoms with Gasteiger partial charge < -0.3 is 18.9 Å². The minimum atomic E-state index is 0.293. The van der Waals surface area contributed by atoms with Crippen LogP contribution in [-0.2, 0) is 11.3 Å². The van der Waals surface area contributed by atoms with Crippen molar-refractivity contribution in [1.29, 1.82) is 0 Å². The van der Waals surface area contributed by atoms with Crippen LogP contribution in [-0.4, -0.2) is 41.4 Å². The summed E-state index contributed by atoms with van der Waals surface area (Å²) < 4.78 is 16.4. The molecular formula is C17H18N4O3. The first-order valence-corrected chi connectivity index (χ1v) is 7.94. The number of ether oxygens (including phenoxy) is 2. The molecule has 0 unspecified atom stereocenters. The van der Waals surface area contributed by atoms with E-state index in [0.29, 0.717) is 25.7 Å². The first-order chi connectivity index (χ1) is 11.8. The predicted octanol–water partition coefficient (Wildman–Crippen LogP) is 2.34. The van der Waals surface area contributed by atoms with Crippen LogP contribution in [0.25, 0.3) is 11.0 Å². The van der Waals surface area contributed by atoms with E-state index in [4.69, 9.17) is 19.0 Å². The zero-order valence-electron chi connectivity index (χ0n) is 13.4. The number of nitrogens with zero attached hydrogens (tertiary/aromatic N) is 4. The fourth-order valence-electron chi connectivity index (χ4n) is 2.68. The molecule has 0 radical (unpaired) electrons. The van der Waals surface area contributed by atoms with E-state index in [2.05, 4.69) is 15.0 Å². The second-order valence-electron chi connectivity index (χ2n) is 5.66. The lowest BCUT2D eigenvalue weighted by Gasteiger charge is -2.28. The van der Waals surface area contributed by atoms with Gasteiger partial charge in [0.2, 0.25) is 0 Å². The van der Waals surface area contributed by atoms with Crippen molar-refractivity contribution >= 4 is 16.9 Å². The lowest BCUT2D eigenvalue weighted by Crippen LogP contribution is -2.37. The van der Waals surface area contributed by atoms with Gasteiger partial charge in [-0.1, -0.05) is 17.3 Å². The molecule has 0 bridgehead atoms. The number of aromatic nitrogens is 3. The van der Waals surface area contributed by atoms with E-state index in [0.717, 1.165) is 41.4 Å². The van der Waals surface area contributed by atoms with Crippen LogP contribution in [0.3, 0.4) is 0 Å². The molecule has 3 aromatic rings. The molecule has 0 atom stereocenters. The smallest absolute Gasteiger partial charge is 0.258 e. The van der Waals surface area contributed by atoms with Gasteiger partial charge in [0.15, 0.2) is 5.82 Å². The average molecular weight is 326 g/mol. The quantitative estimate of drug-likeness (QED) is 0.728. The van der Waals surface area contributed by atoms with Gasteiger partial charge in [0.25, 0.3) is 5.88 Å². The predicted molar refractivity (Wildman–Crippen MR) is 88.1 cm³/mol. The zero-order chi connectivity index (χ0) is 16.4. The molecule has 7 heteroatoms. The summed E-state index contributed by atoms with van der Waals surface area (Å²) in [5.74, 6) is 2.01. The molecule has 4 rings (SSSR count). The van der Waals surface area contributed by atoms with Crippen LogP contribution in [0.2, 0.25) is 0 Å². The maximum Gasteiger partial charge on any atom is 0.258 e. The number of para-hydroxylation sites is 2. The van der Waals surface area contributed by atoms with Crippen molar-refractivity contribution in [1.82, 2.24) is 15.1 Å². The highest BCUT2D eigenvalue weighted by atomic mass is 16.5. The van der Waals surface area contributed by atoms with Gasteiger partial charge in [-0.25, -0.2) is 9.97 Å². The lowest BCUT2D eigenvalue weighted by atomic mass is 10.3. The Labute approximate surface area is 139 Å². The Hall–Kier alpha value is -2.67. The molecule has 1 aliphatic rings. The van der Waals surface area contributed by atoms with E-state index < -0.39 is 0 Å². The minimum Gasteiger partial charge on any atom is -0.468 e. The molecule has 1 fully saturated rings. The van der Waals surface area contributed by atoms with E-state index in [1.54, 1.807) is 0 Å². The molecule has 0 aliphatic carbocycles. The third-order valence-corrected chi connectivity index (χ3v) is 3.87. The first-order valence-electron chi connectivity index (χ1n) is 7.94. The molecule has 0 N–H and O–H groups in total. The molecule has 2 aromatic heterocycles. The molecule has 124 valence electrons. The van der Waals surface area contributed by atoms with Crippen LogP contribution in [0.5, 0.6) is 5.88 Å². The number of hydrogen-bond donors (Lipinski definition) is 0. The Morgan fingerprint density at radius 1 is 1.12 bits per heavy atom. The highest BCUT2D eigenvalue weighted by Gasteiger charge is 2.20. The van der Waals surface area contributed by atoms with Gasteiger partial charge in [-0.05, 0) is 19.1 Å². The molecule has 1 aliphatic heterocycles. The molecule has 1 aromatic carbocycles. The monoisotopic (exact) mass is 326 g/mol. The highest BCUT2D eigenvalue weighted by molar-refractivity contribution is 5.77. The second-order valence-corrected chi connectivity index (χ2v) is 5.66. The SMILES string of the molecule is Cc1cc(COc2nc3ccccc3nc2N2CCOCC2)no1. The minimum absolute atomic E-state index is 0.293. The first kappa shape index (κ1) is 14.9. The largest absolute Gasteiger partial charge is 0.468 e. The summed E-state index contributed by atoms with van der Waals surface area (Å²) in [5, 5.41) is 3.95. The Balaban J connectivity index is 1.67. The van der Waals surface area contributed by atoms with Crippen LogP contribution < -0.4 is 9.64 Å². The molecule has 7 nitrogen and oxygen atoms in total. The summed E-state index contributed by atoms with van der Waals surface area (Å²) in [7, 11) is 0. The van der Waals surface area contributed by atoms with Gasteiger partial charge in [0.1, 0.15) is 18.1 Å². The van der Waals surface area contributed by atoms with E-state index in [1.807, 2.05) is 37.3 Å². The fourth-order valence-corrected chi connectivity index (χ4v) is 2.68. The zero-order valence-corrected chi connectivity index (χ0v) is 13.4. The molecule has 24 heavy (non-hydrogen) atoms. The summed E-state index contributed by atoms with van der Waals surface area (Å²) in [5.41, 5.74) is 2.39. The van der Waals surface area contributed by atoms with Crippen molar-refractivity contribution in [3.63, 3.8) is 0 Å². The van der Waals surface area contributed by atoms with Gasteiger partial charge in [0.05, 0.1) is 24.2 Å². The highest BCUT2D eigenvalue weighted by Crippen LogP contribution is 2.28. The third-order valence-electron chi connectivity index (χ3n) is 3.87. The lowest BCUT2D eigenvalue weighted by molar-refractivity contribution is 0.122. The van der Waals surface area contributed by atoms with Crippen LogP contribution in [0.4, 0.5) is 5.82 Å². The molecule has 0 spiro atoms. The topological polar surface area (TPSA) is 73.5 Å². The molecular weight excluding hydrogens is 308 g/mol. The van der Waals surface area contributed by atoms with Crippen molar-refractivity contribution in [2.45, 2.75) is 13.5 Å². The van der Waals surface area contributed by atoms with Gasteiger partial charge in [-0.15, -0.1) is 0 Å². The molecule has 1 saturated heterocycles. The standard InChI is InChI=1S/C17H18N4O3/c1-12-10-13(20-24-12)11-23-17-16(21-6-8-22-9-7-21)18-14-4-2-3-5-15(14)19-17/h2-5,10H,6-9,11H2,1H3. The number of aryl methyl sites for hydroxylation is 1. The fraction of sp³-hybridized carbons (Fsp3) is 0.353. The van der Waals surface area contributed by atoms with Gasteiger partial charge in [-0.2, -0.15) is 0 Å². The summed E-state index contributed by atoms with van der Waals surface area (Å²) in [6, 6.07) is 9.63. The summed E-state index contributed by atoms with van der Waals surface area (Å²) in [6.07, 6.45) is 0. The van der Waals surface area contributed by atoms with Crippen LogP contribution in [0, 0.1) is 6.92 Å². The maximum atomic E-state index is 5.92. The molecule has 0 amide bonds. The van der Waals surface area contributed by atoms with Crippen molar-refractivity contribution in [3.05, 3.63) is 41.8 Å². The van der Waals surface area contributed by atoms with Crippen molar-refractivity contribution < 1.29 is 14.0 Å². The van der Waals surface area contributed by atoms with Crippen LogP contribution in [0.1, 0.15) is 11.5 Å². The summed E-state index contributed by atoms with van der Waals surface area (Å²) in [6.45, 7) is 5.04. The Bertz CT molecular complexity index is 843. The number of benzene rings is 1. The molecule has 0 saturated carbocycles. The summed E-state index contributed by atoms with van der Waals surface area (Å²) >= 11 is 0. The van der Waals surface area contributed by atoms with Crippen molar-refractivity contribution in [2.24, 2.45) is 0 Å². The maximum absolute atomic E-state index is 5.92. The van der Waals surface area contributed by atoms with Crippen molar-refractivity contribution in [3.8, 4) is 5.88 Å². The van der Waals surface area contributed by atoms with Crippen LogP contribution in [0.15, 0.2) is 34.9 Å². The van der Waals surface area contributed by atoms with E-state index in [9.17, 15) is 0 Å². The third kappa shape index (κ3) is 3.03. The Morgan fingerprint density at radius 2 is 1.88 bits per heavy atom. The number of hydrogen-bond acceptors (Lipinski definition) is 7. The average Bonchev–Trinajstić information content (AvgIpc) is 3.05. The van der Waals surface area contributed by atoms with Crippen LogP contribution >= 0.6 is 0 Å². The number of fused-ring (bicyclic) bond motifs is 1. The van der Waals surface area contributed by atoms with Gasteiger partial charge in [0, 0.05) is 19.2 Å². The van der Waals surface area contributed by atoms with E-state index in [-0.39, 0.29) is 0 Å². The summed E-state index contributed by atoms with van der Waals surface area (Å²) in [4.78, 5) is 11.5. The van der Waals surface area contributed by atoms with E-state index >= 15 is 0 Å². The number of anilines is 1.